The fraction of sp³-hybridized carbons (Fsp3) is 0.0256. The van der Waals surface area contributed by atoms with Crippen molar-refractivity contribution in [2.45, 2.75) is 6.42 Å². The zero-order valence-electron chi connectivity index (χ0n) is 21.8. The van der Waals surface area contributed by atoms with Gasteiger partial charge in [-0.25, -0.2) is 0 Å². The molecule has 186 valence electrons. The Morgan fingerprint density at radius 3 is 1.80 bits per heavy atom. The predicted molar refractivity (Wildman–Crippen MR) is 176 cm³/mol. The van der Waals surface area contributed by atoms with E-state index in [9.17, 15) is 0 Å². The normalized spacial score (nSPS) is 12.1. The van der Waals surface area contributed by atoms with Crippen molar-refractivity contribution < 1.29 is 0 Å². The number of benzene rings is 8. The second-order valence-corrected chi connectivity index (χ2v) is 11.9. The molecular formula is C39H24S. The zero-order valence-corrected chi connectivity index (χ0v) is 22.6. The first-order valence-corrected chi connectivity index (χ1v) is 14.7. The van der Waals surface area contributed by atoms with Crippen LogP contribution in [0.1, 0.15) is 11.1 Å². The van der Waals surface area contributed by atoms with Gasteiger partial charge in [0.1, 0.15) is 0 Å². The molecule has 9 aromatic rings. The molecule has 0 radical (unpaired) electrons. The van der Waals surface area contributed by atoms with Crippen molar-refractivity contribution in [2.75, 3.05) is 0 Å². The van der Waals surface area contributed by atoms with E-state index in [0.29, 0.717) is 0 Å². The molecule has 0 aliphatic heterocycles. The van der Waals surface area contributed by atoms with Crippen molar-refractivity contribution in [1.29, 1.82) is 0 Å². The lowest BCUT2D eigenvalue weighted by Crippen LogP contribution is -1.89. The van der Waals surface area contributed by atoms with Crippen LogP contribution in [0.15, 0.2) is 133 Å². The molecule has 0 aliphatic carbocycles. The van der Waals surface area contributed by atoms with Gasteiger partial charge in [-0.2, -0.15) is 0 Å². The molecule has 40 heavy (non-hydrogen) atoms. The maximum atomic E-state index is 2.39. The average molecular weight is 525 g/mol. The maximum Gasteiger partial charge on any atom is 0.0391 e. The number of hydrogen-bond donors (Lipinski definition) is 0. The van der Waals surface area contributed by atoms with Crippen LogP contribution in [-0.4, -0.2) is 0 Å². The lowest BCUT2D eigenvalue weighted by atomic mass is 9.93. The molecule has 9 rings (SSSR count). The van der Waals surface area contributed by atoms with Gasteiger partial charge < -0.3 is 0 Å². The van der Waals surface area contributed by atoms with Gasteiger partial charge in [-0.3, -0.25) is 0 Å². The van der Waals surface area contributed by atoms with Gasteiger partial charge in [-0.05, 0) is 77.5 Å². The Bertz CT molecular complexity index is 2460. The Morgan fingerprint density at radius 1 is 0.400 bits per heavy atom. The van der Waals surface area contributed by atoms with E-state index in [0.717, 1.165) is 6.42 Å². The summed E-state index contributed by atoms with van der Waals surface area (Å²) < 4.78 is 2.78. The lowest BCUT2D eigenvalue weighted by molar-refractivity contribution is 1.23. The monoisotopic (exact) mass is 524 g/mol. The number of rotatable bonds is 2. The van der Waals surface area contributed by atoms with E-state index in [1.807, 2.05) is 11.3 Å². The molecule has 0 aliphatic rings. The van der Waals surface area contributed by atoms with Crippen molar-refractivity contribution in [3.05, 3.63) is 145 Å². The fourth-order valence-corrected chi connectivity index (χ4v) is 8.02. The van der Waals surface area contributed by atoms with E-state index >= 15 is 0 Å². The summed E-state index contributed by atoms with van der Waals surface area (Å²) in [5.74, 6) is 0. The van der Waals surface area contributed by atoms with Crippen LogP contribution in [0.4, 0.5) is 0 Å². The van der Waals surface area contributed by atoms with Crippen LogP contribution in [0.5, 0.6) is 0 Å². The lowest BCUT2D eigenvalue weighted by Gasteiger charge is -2.11. The molecule has 0 amide bonds. The standard InChI is InChI=1S/C39H24S/c1-3-9-29-25(6-1)13-17-34-32(29)19-20-33-30-16-12-24(22-27(30)14-18-35(33)34)23-28-8-5-11-36-38-31-10-4-2-7-26(31)15-21-37(38)40-39(28)36/h1-22H,23H2. The van der Waals surface area contributed by atoms with Crippen LogP contribution in [0, 0.1) is 0 Å². The van der Waals surface area contributed by atoms with Crippen molar-refractivity contribution in [2.24, 2.45) is 0 Å². The third kappa shape index (κ3) is 3.19. The van der Waals surface area contributed by atoms with Crippen LogP contribution in [0.3, 0.4) is 0 Å². The van der Waals surface area contributed by atoms with Crippen LogP contribution in [0.2, 0.25) is 0 Å². The maximum absolute atomic E-state index is 2.39. The van der Waals surface area contributed by atoms with Gasteiger partial charge in [0.15, 0.2) is 0 Å². The second kappa shape index (κ2) is 8.39. The summed E-state index contributed by atoms with van der Waals surface area (Å²) in [7, 11) is 0. The Hall–Kier alpha value is -4.72. The van der Waals surface area contributed by atoms with Crippen molar-refractivity contribution in [3.8, 4) is 0 Å². The highest BCUT2D eigenvalue weighted by atomic mass is 32.1. The molecule has 8 aromatic carbocycles. The SMILES string of the molecule is c1ccc2c(c1)ccc1c2ccc2c3ccc(Cc4cccc5c4sc4ccc6ccccc6c45)cc3ccc21. The average Bonchev–Trinajstić information content (AvgIpc) is 3.41. The highest BCUT2D eigenvalue weighted by Crippen LogP contribution is 2.41. The summed E-state index contributed by atoms with van der Waals surface area (Å²) in [5.41, 5.74) is 2.76. The Morgan fingerprint density at radius 2 is 0.975 bits per heavy atom. The Kier molecular flexibility index (Phi) is 4.64. The van der Waals surface area contributed by atoms with Crippen LogP contribution in [0.25, 0.3) is 74.0 Å². The van der Waals surface area contributed by atoms with Crippen molar-refractivity contribution in [1.82, 2.24) is 0 Å². The molecule has 1 aromatic heterocycles. The van der Waals surface area contributed by atoms with Gasteiger partial charge in [0.2, 0.25) is 0 Å². The van der Waals surface area contributed by atoms with E-state index in [1.54, 1.807) is 0 Å². The second-order valence-electron chi connectivity index (χ2n) is 10.9. The molecule has 0 atom stereocenters. The Balaban J connectivity index is 1.18. The molecule has 0 N–H and O–H groups in total. The smallest absolute Gasteiger partial charge is 0.0391 e. The van der Waals surface area contributed by atoms with E-state index in [1.165, 1.54) is 85.2 Å². The minimum atomic E-state index is 0.930. The summed E-state index contributed by atoms with van der Waals surface area (Å²) in [6, 6.07) is 49.6. The van der Waals surface area contributed by atoms with E-state index in [4.69, 9.17) is 0 Å². The van der Waals surface area contributed by atoms with Crippen LogP contribution >= 0.6 is 11.3 Å². The molecule has 0 nitrogen and oxygen atoms in total. The van der Waals surface area contributed by atoms with Crippen molar-refractivity contribution in [3.63, 3.8) is 0 Å². The van der Waals surface area contributed by atoms with Crippen molar-refractivity contribution >= 4 is 85.4 Å². The zero-order chi connectivity index (χ0) is 26.2. The molecule has 0 saturated heterocycles. The molecule has 1 heterocycles. The van der Waals surface area contributed by atoms with Gasteiger partial charge >= 0.3 is 0 Å². The molecule has 0 spiro atoms. The third-order valence-corrected chi connectivity index (χ3v) is 9.91. The number of fused-ring (bicyclic) bond motifs is 12. The van der Waals surface area contributed by atoms with Gasteiger partial charge in [0.25, 0.3) is 0 Å². The predicted octanol–water partition coefficient (Wildman–Crippen LogP) is 11.4. The molecule has 0 fully saturated rings. The summed E-state index contributed by atoms with van der Waals surface area (Å²) in [6.07, 6.45) is 0.930. The number of hydrogen-bond acceptors (Lipinski definition) is 1. The van der Waals surface area contributed by atoms with Crippen LogP contribution in [-0.2, 0) is 6.42 Å². The van der Waals surface area contributed by atoms with E-state index < -0.39 is 0 Å². The summed E-state index contributed by atoms with van der Waals surface area (Å²) in [6.45, 7) is 0. The van der Waals surface area contributed by atoms with E-state index in [-0.39, 0.29) is 0 Å². The first-order chi connectivity index (χ1) is 19.8. The molecular weight excluding hydrogens is 500 g/mol. The summed E-state index contributed by atoms with van der Waals surface area (Å²) >= 11 is 1.93. The van der Waals surface area contributed by atoms with Crippen LogP contribution < -0.4 is 0 Å². The third-order valence-electron chi connectivity index (χ3n) is 8.67. The quantitative estimate of drug-likeness (QED) is 0.197. The first-order valence-electron chi connectivity index (χ1n) is 13.9. The van der Waals surface area contributed by atoms with E-state index in [2.05, 4.69) is 133 Å². The fourth-order valence-electron chi connectivity index (χ4n) is 6.79. The summed E-state index contributed by atoms with van der Waals surface area (Å²) in [4.78, 5) is 0. The highest BCUT2D eigenvalue weighted by Gasteiger charge is 2.13. The minimum Gasteiger partial charge on any atom is -0.135 e. The topological polar surface area (TPSA) is 0 Å². The summed E-state index contributed by atoms with van der Waals surface area (Å²) in [5, 5.41) is 16.0. The molecule has 0 saturated carbocycles. The first kappa shape index (κ1) is 22.1. The van der Waals surface area contributed by atoms with Gasteiger partial charge in [0.05, 0.1) is 0 Å². The molecule has 0 unspecified atom stereocenters. The van der Waals surface area contributed by atoms with Gasteiger partial charge in [0, 0.05) is 20.2 Å². The Labute approximate surface area is 235 Å². The van der Waals surface area contributed by atoms with Gasteiger partial charge in [-0.15, -0.1) is 11.3 Å². The molecule has 0 bridgehead atoms. The molecule has 1 heteroatoms. The van der Waals surface area contributed by atoms with Gasteiger partial charge in [-0.1, -0.05) is 127 Å². The number of thiophene rings is 1. The highest BCUT2D eigenvalue weighted by molar-refractivity contribution is 7.26. The largest absolute Gasteiger partial charge is 0.135 e. The minimum absolute atomic E-state index is 0.930.